The Hall–Kier alpha value is -1.16. The van der Waals surface area contributed by atoms with Crippen LogP contribution in [0.1, 0.15) is 33.3 Å². The Bertz CT molecular complexity index is 523. The van der Waals surface area contributed by atoms with Gasteiger partial charge in [-0.25, -0.2) is 5.01 Å². The molecule has 1 aromatic rings. The predicted molar refractivity (Wildman–Crippen MR) is 86.1 cm³/mol. The smallest absolute Gasteiger partial charge is 0.262 e. The minimum atomic E-state index is -0.332. The molecule has 0 N–H and O–H groups in total. The van der Waals surface area contributed by atoms with Crippen LogP contribution in [0.4, 0.5) is 0 Å². The second-order valence-electron chi connectivity index (χ2n) is 6.17. The van der Waals surface area contributed by atoms with Crippen LogP contribution in [0.2, 0.25) is 0 Å². The fraction of sp³-hybridized carbons (Fsp3) is 0.500. The first kappa shape index (κ1) is 15.2. The molecule has 2 rings (SSSR count). The molecule has 1 aromatic carbocycles. The van der Waals surface area contributed by atoms with Gasteiger partial charge >= 0.3 is 0 Å². The molecule has 0 fully saturated rings. The van der Waals surface area contributed by atoms with Crippen molar-refractivity contribution in [2.75, 3.05) is 0 Å². The molecule has 1 aliphatic heterocycles. The highest BCUT2D eigenvalue weighted by molar-refractivity contribution is 9.10. The van der Waals surface area contributed by atoms with Gasteiger partial charge in [-0.05, 0) is 31.7 Å². The number of nitrogens with zero attached hydrogens (tertiary/aromatic N) is 2. The van der Waals surface area contributed by atoms with Gasteiger partial charge < -0.3 is 0 Å². The van der Waals surface area contributed by atoms with E-state index >= 15 is 0 Å². The van der Waals surface area contributed by atoms with Crippen molar-refractivity contribution in [2.24, 2.45) is 11.0 Å². The van der Waals surface area contributed by atoms with E-state index in [4.69, 9.17) is 0 Å². The lowest BCUT2D eigenvalue weighted by Crippen LogP contribution is -2.45. The van der Waals surface area contributed by atoms with E-state index in [0.29, 0.717) is 0 Å². The van der Waals surface area contributed by atoms with Crippen LogP contribution in [0.3, 0.4) is 0 Å². The van der Waals surface area contributed by atoms with E-state index in [2.05, 4.69) is 60.9 Å². The van der Waals surface area contributed by atoms with E-state index in [-0.39, 0.29) is 22.2 Å². The van der Waals surface area contributed by atoms with Gasteiger partial charge in [-0.1, -0.05) is 60.1 Å². The van der Waals surface area contributed by atoms with Crippen LogP contribution in [-0.4, -0.2) is 27.0 Å². The fourth-order valence-electron chi connectivity index (χ4n) is 2.46. The Morgan fingerprint density at radius 2 is 1.90 bits per heavy atom. The van der Waals surface area contributed by atoms with Crippen molar-refractivity contribution in [3.8, 4) is 0 Å². The maximum Gasteiger partial charge on any atom is 0.262 e. The van der Waals surface area contributed by atoms with Crippen molar-refractivity contribution < 1.29 is 4.79 Å². The largest absolute Gasteiger partial charge is 0.271 e. The van der Waals surface area contributed by atoms with Crippen molar-refractivity contribution >= 4 is 27.5 Å². The zero-order valence-corrected chi connectivity index (χ0v) is 14.0. The summed E-state index contributed by atoms with van der Waals surface area (Å²) in [5.41, 5.74) is 1.79. The molecule has 1 atom stereocenters. The van der Waals surface area contributed by atoms with Crippen molar-refractivity contribution in [2.45, 2.75) is 44.5 Å². The van der Waals surface area contributed by atoms with Gasteiger partial charge in [0.15, 0.2) is 0 Å². The van der Waals surface area contributed by atoms with Crippen LogP contribution < -0.4 is 0 Å². The molecule has 0 radical (unpaired) electrons. The normalized spacial score (nSPS) is 19.7. The molecule has 108 valence electrons. The van der Waals surface area contributed by atoms with Crippen LogP contribution in [0.15, 0.2) is 35.4 Å². The highest BCUT2D eigenvalue weighted by atomic mass is 79.9. The summed E-state index contributed by atoms with van der Waals surface area (Å²) in [7, 11) is 0. The second kappa shape index (κ2) is 5.68. The van der Waals surface area contributed by atoms with Gasteiger partial charge in [-0.15, -0.1) is 0 Å². The molecule has 1 aliphatic rings. The zero-order valence-electron chi connectivity index (χ0n) is 12.4. The molecule has 1 amide bonds. The molecule has 0 spiro atoms. The molecule has 0 saturated heterocycles. The van der Waals surface area contributed by atoms with Crippen LogP contribution in [0, 0.1) is 5.92 Å². The third-order valence-corrected chi connectivity index (χ3v) is 4.41. The number of hydrogen-bond donors (Lipinski definition) is 0. The van der Waals surface area contributed by atoms with Gasteiger partial charge in [0.05, 0.1) is 11.3 Å². The van der Waals surface area contributed by atoms with Crippen LogP contribution in [0.5, 0.6) is 0 Å². The SMILES string of the molecule is CC(C)C1=NN(C(C)(C)Cc2ccccc2)C(=O)C1Br. The Balaban J connectivity index is 2.23. The third kappa shape index (κ3) is 2.95. The van der Waals surface area contributed by atoms with Gasteiger partial charge in [-0.3, -0.25) is 4.79 Å². The number of hydrogen-bond acceptors (Lipinski definition) is 2. The van der Waals surface area contributed by atoms with Gasteiger partial charge in [0, 0.05) is 0 Å². The Morgan fingerprint density at radius 3 is 2.40 bits per heavy atom. The first-order valence-corrected chi connectivity index (χ1v) is 7.85. The van der Waals surface area contributed by atoms with Gasteiger partial charge in [0.25, 0.3) is 5.91 Å². The topological polar surface area (TPSA) is 32.7 Å². The standard InChI is InChI=1S/C16H21BrN2O/c1-11(2)14-13(17)15(20)19(18-14)16(3,4)10-12-8-6-5-7-9-12/h5-9,11,13H,10H2,1-4H3. The minimum Gasteiger partial charge on any atom is -0.271 e. The van der Waals surface area contributed by atoms with E-state index < -0.39 is 0 Å². The van der Waals surface area contributed by atoms with Crippen LogP contribution in [0.25, 0.3) is 0 Å². The number of carbonyl (C=O) groups is 1. The van der Waals surface area contributed by atoms with E-state index in [1.165, 1.54) is 5.56 Å². The van der Waals surface area contributed by atoms with Crippen molar-refractivity contribution in [1.82, 2.24) is 5.01 Å². The Labute approximate surface area is 129 Å². The average Bonchev–Trinajstić information content (AvgIpc) is 2.68. The van der Waals surface area contributed by atoms with Crippen molar-refractivity contribution in [1.29, 1.82) is 0 Å². The lowest BCUT2D eigenvalue weighted by atomic mass is 9.94. The van der Waals surface area contributed by atoms with Gasteiger partial charge in [0.2, 0.25) is 0 Å². The minimum absolute atomic E-state index is 0.0367. The molecular formula is C16H21BrN2O. The molecule has 0 bridgehead atoms. The average molecular weight is 337 g/mol. The number of amides is 1. The molecule has 0 aliphatic carbocycles. The first-order valence-electron chi connectivity index (χ1n) is 6.93. The Kier molecular flexibility index (Phi) is 4.33. The predicted octanol–water partition coefficient (Wildman–Crippen LogP) is 3.63. The van der Waals surface area contributed by atoms with Gasteiger partial charge in [-0.2, -0.15) is 5.10 Å². The number of hydrazone groups is 1. The quantitative estimate of drug-likeness (QED) is 0.773. The Morgan fingerprint density at radius 1 is 1.30 bits per heavy atom. The number of carbonyl (C=O) groups excluding carboxylic acids is 1. The molecule has 0 saturated carbocycles. The molecule has 1 unspecified atom stereocenters. The number of rotatable bonds is 4. The maximum atomic E-state index is 12.4. The highest BCUT2D eigenvalue weighted by Crippen LogP contribution is 2.30. The second-order valence-corrected chi connectivity index (χ2v) is 7.08. The molecular weight excluding hydrogens is 316 g/mol. The van der Waals surface area contributed by atoms with E-state index in [0.717, 1.165) is 12.1 Å². The summed E-state index contributed by atoms with van der Waals surface area (Å²) in [6.07, 6.45) is 0.786. The lowest BCUT2D eigenvalue weighted by molar-refractivity contribution is -0.133. The lowest BCUT2D eigenvalue weighted by Gasteiger charge is -2.32. The fourth-order valence-corrected chi connectivity index (χ4v) is 3.28. The molecule has 20 heavy (non-hydrogen) atoms. The van der Waals surface area contributed by atoms with Crippen LogP contribution >= 0.6 is 15.9 Å². The molecule has 4 heteroatoms. The van der Waals surface area contributed by atoms with E-state index in [1.54, 1.807) is 5.01 Å². The molecule has 0 aromatic heterocycles. The highest BCUT2D eigenvalue weighted by Gasteiger charge is 2.42. The summed E-state index contributed by atoms with van der Waals surface area (Å²) in [5.74, 6) is 0.301. The zero-order chi connectivity index (χ0) is 14.9. The summed E-state index contributed by atoms with van der Waals surface area (Å²) in [6.45, 7) is 8.25. The van der Waals surface area contributed by atoms with Crippen LogP contribution in [-0.2, 0) is 11.2 Å². The number of benzene rings is 1. The molecule has 1 heterocycles. The van der Waals surface area contributed by atoms with Crippen molar-refractivity contribution in [3.63, 3.8) is 0 Å². The number of alkyl halides is 1. The third-order valence-electron chi connectivity index (χ3n) is 3.55. The summed E-state index contributed by atoms with van der Waals surface area (Å²) < 4.78 is 0. The summed E-state index contributed by atoms with van der Waals surface area (Å²) in [6, 6.07) is 10.2. The maximum absolute atomic E-state index is 12.4. The summed E-state index contributed by atoms with van der Waals surface area (Å²) in [5, 5.41) is 6.22. The summed E-state index contributed by atoms with van der Waals surface area (Å²) in [4.78, 5) is 12.1. The molecule has 3 nitrogen and oxygen atoms in total. The monoisotopic (exact) mass is 336 g/mol. The number of halogens is 1. The van der Waals surface area contributed by atoms with Crippen molar-refractivity contribution in [3.05, 3.63) is 35.9 Å². The van der Waals surface area contributed by atoms with E-state index in [1.807, 2.05) is 18.2 Å². The van der Waals surface area contributed by atoms with E-state index in [9.17, 15) is 4.79 Å². The van der Waals surface area contributed by atoms with Gasteiger partial charge in [0.1, 0.15) is 4.83 Å². The first-order chi connectivity index (χ1) is 9.33. The summed E-state index contributed by atoms with van der Waals surface area (Å²) >= 11 is 3.47.